The number of rotatable bonds is 6. The molecule has 24 heavy (non-hydrogen) atoms. The van der Waals surface area contributed by atoms with Crippen molar-refractivity contribution < 1.29 is 4.79 Å². The first-order valence-electron chi connectivity index (χ1n) is 7.16. The standard InChI is InChI=1S/C17H19ClN4O.ClH/c1-4-9-19-17(23)16-12(3)20-11(2)10-15(16)22-21-14-7-5-13(18)6-8-14;/h4-8,10,21H,1,9H2,2-3H3,(H,19,23)(H,20,22);1H. The zero-order chi connectivity index (χ0) is 16.8. The maximum absolute atomic E-state index is 12.3. The largest absolute Gasteiger partial charge is 0.348 e. The summed E-state index contributed by atoms with van der Waals surface area (Å²) in [7, 11) is 0. The van der Waals surface area contributed by atoms with Crippen LogP contribution in [0.5, 0.6) is 0 Å². The lowest BCUT2D eigenvalue weighted by atomic mass is 10.1. The zero-order valence-corrected chi connectivity index (χ0v) is 15.1. The molecule has 0 aliphatic rings. The van der Waals surface area contributed by atoms with Crippen LogP contribution in [-0.4, -0.2) is 17.4 Å². The second kappa shape index (κ2) is 9.15. The van der Waals surface area contributed by atoms with Crippen molar-refractivity contribution >= 4 is 41.3 Å². The number of hydrazine groups is 1. The molecule has 3 N–H and O–H groups in total. The second-order valence-corrected chi connectivity index (χ2v) is 5.46. The topological polar surface area (TPSA) is 66.1 Å². The number of pyridine rings is 1. The van der Waals surface area contributed by atoms with Gasteiger partial charge in [-0.15, -0.1) is 19.0 Å². The molecule has 0 saturated carbocycles. The van der Waals surface area contributed by atoms with Gasteiger partial charge in [0.15, 0.2) is 0 Å². The molecule has 0 fully saturated rings. The number of carbonyl (C=O) groups is 1. The number of nitrogens with one attached hydrogen (secondary N) is 3. The normalized spacial score (nSPS) is 9.62. The van der Waals surface area contributed by atoms with Crippen LogP contribution in [0.25, 0.3) is 0 Å². The number of amides is 1. The highest BCUT2D eigenvalue weighted by atomic mass is 35.5. The predicted molar refractivity (Wildman–Crippen MR) is 102 cm³/mol. The number of hydrogen-bond acceptors (Lipinski definition) is 4. The molecule has 0 bridgehead atoms. The fraction of sp³-hybridized carbons (Fsp3) is 0.176. The summed E-state index contributed by atoms with van der Waals surface area (Å²) in [5.41, 5.74) is 9.60. The Hall–Kier alpha value is -2.24. The van der Waals surface area contributed by atoms with Crippen molar-refractivity contribution in [3.63, 3.8) is 0 Å². The van der Waals surface area contributed by atoms with Gasteiger partial charge in [-0.1, -0.05) is 17.7 Å². The summed E-state index contributed by atoms with van der Waals surface area (Å²) in [6, 6.07) is 9.07. The number of nitrogens with zero attached hydrogens (tertiary/aromatic N) is 1. The second-order valence-electron chi connectivity index (χ2n) is 5.03. The summed E-state index contributed by atoms with van der Waals surface area (Å²) in [5.74, 6) is -0.199. The molecule has 1 aromatic heterocycles. The molecule has 0 atom stereocenters. The lowest BCUT2D eigenvalue weighted by Gasteiger charge is -2.16. The maximum atomic E-state index is 12.3. The summed E-state index contributed by atoms with van der Waals surface area (Å²) in [4.78, 5) is 16.7. The van der Waals surface area contributed by atoms with E-state index in [2.05, 4.69) is 27.7 Å². The molecule has 0 spiro atoms. The average Bonchev–Trinajstić information content (AvgIpc) is 2.51. The highest BCUT2D eigenvalue weighted by Crippen LogP contribution is 2.21. The van der Waals surface area contributed by atoms with Crippen molar-refractivity contribution in [2.45, 2.75) is 13.8 Å². The minimum Gasteiger partial charge on any atom is -0.348 e. The third kappa shape index (κ3) is 5.15. The Morgan fingerprint density at radius 1 is 1.25 bits per heavy atom. The molecule has 1 aromatic carbocycles. The highest BCUT2D eigenvalue weighted by Gasteiger charge is 2.16. The Balaban J connectivity index is 0.00000288. The van der Waals surface area contributed by atoms with Crippen molar-refractivity contribution in [1.82, 2.24) is 10.3 Å². The van der Waals surface area contributed by atoms with Gasteiger partial charge in [0.1, 0.15) is 0 Å². The molecule has 0 aliphatic carbocycles. The van der Waals surface area contributed by atoms with Crippen LogP contribution >= 0.6 is 24.0 Å². The van der Waals surface area contributed by atoms with Gasteiger partial charge in [0, 0.05) is 17.3 Å². The monoisotopic (exact) mass is 366 g/mol. The lowest BCUT2D eigenvalue weighted by Crippen LogP contribution is -2.26. The van der Waals surface area contributed by atoms with Crippen LogP contribution in [0.3, 0.4) is 0 Å². The van der Waals surface area contributed by atoms with Gasteiger partial charge >= 0.3 is 0 Å². The van der Waals surface area contributed by atoms with Gasteiger partial charge in [0.25, 0.3) is 5.91 Å². The van der Waals surface area contributed by atoms with Crippen LogP contribution in [0.4, 0.5) is 11.4 Å². The summed E-state index contributed by atoms with van der Waals surface area (Å²) in [5, 5.41) is 3.44. The molecule has 1 heterocycles. The van der Waals surface area contributed by atoms with E-state index in [4.69, 9.17) is 11.6 Å². The molecule has 7 heteroatoms. The van der Waals surface area contributed by atoms with E-state index in [-0.39, 0.29) is 18.3 Å². The molecule has 2 rings (SSSR count). The quantitative estimate of drug-likeness (QED) is 0.531. The first kappa shape index (κ1) is 19.8. The number of aryl methyl sites for hydroxylation is 2. The molecule has 128 valence electrons. The summed E-state index contributed by atoms with van der Waals surface area (Å²) < 4.78 is 0. The number of benzene rings is 1. The van der Waals surface area contributed by atoms with Crippen molar-refractivity contribution in [1.29, 1.82) is 0 Å². The summed E-state index contributed by atoms with van der Waals surface area (Å²) in [6.45, 7) is 7.69. The Bertz CT molecular complexity index is 717. The lowest BCUT2D eigenvalue weighted by molar-refractivity contribution is 0.0958. The zero-order valence-electron chi connectivity index (χ0n) is 13.5. The van der Waals surface area contributed by atoms with Crippen LogP contribution < -0.4 is 16.2 Å². The fourth-order valence-corrected chi connectivity index (χ4v) is 2.27. The molecule has 1 amide bonds. The number of carbonyl (C=O) groups excluding carboxylic acids is 1. The molecule has 2 aromatic rings. The van der Waals surface area contributed by atoms with Crippen LogP contribution in [0.1, 0.15) is 21.7 Å². The van der Waals surface area contributed by atoms with E-state index in [1.165, 1.54) is 0 Å². The third-order valence-corrected chi connectivity index (χ3v) is 3.40. The van der Waals surface area contributed by atoms with Gasteiger partial charge in [0.2, 0.25) is 0 Å². The molecule has 0 radical (unpaired) electrons. The number of anilines is 2. The maximum Gasteiger partial charge on any atom is 0.255 e. The van der Waals surface area contributed by atoms with Crippen LogP contribution in [0, 0.1) is 13.8 Å². The van der Waals surface area contributed by atoms with Crippen molar-refractivity contribution in [2.24, 2.45) is 0 Å². The Kier molecular flexibility index (Phi) is 7.55. The van der Waals surface area contributed by atoms with Crippen molar-refractivity contribution in [3.05, 3.63) is 65.0 Å². The van der Waals surface area contributed by atoms with E-state index in [1.807, 2.05) is 32.0 Å². The molecule has 5 nitrogen and oxygen atoms in total. The molecular formula is C17H20Cl2N4O. The first-order chi connectivity index (χ1) is 11.0. The number of halogens is 2. The smallest absolute Gasteiger partial charge is 0.255 e. The van der Waals surface area contributed by atoms with Gasteiger partial charge in [0.05, 0.1) is 22.6 Å². The Labute approximate surface area is 152 Å². The van der Waals surface area contributed by atoms with E-state index in [0.29, 0.717) is 28.5 Å². The summed E-state index contributed by atoms with van der Waals surface area (Å²) in [6.07, 6.45) is 1.63. The number of hydrogen-bond donors (Lipinski definition) is 3. The van der Waals surface area contributed by atoms with Gasteiger partial charge in [-0.2, -0.15) is 0 Å². The minimum atomic E-state index is -0.199. The van der Waals surface area contributed by atoms with Gasteiger partial charge in [-0.25, -0.2) is 0 Å². The Morgan fingerprint density at radius 2 is 1.92 bits per heavy atom. The minimum absolute atomic E-state index is 0. The van der Waals surface area contributed by atoms with Crippen molar-refractivity contribution in [3.8, 4) is 0 Å². The van der Waals surface area contributed by atoms with E-state index in [1.54, 1.807) is 18.2 Å². The molecule has 0 saturated heterocycles. The van der Waals surface area contributed by atoms with Crippen molar-refractivity contribution in [2.75, 3.05) is 17.4 Å². The van der Waals surface area contributed by atoms with E-state index in [0.717, 1.165) is 11.4 Å². The average molecular weight is 367 g/mol. The molecular weight excluding hydrogens is 347 g/mol. The van der Waals surface area contributed by atoms with Gasteiger partial charge in [-0.3, -0.25) is 15.2 Å². The van der Waals surface area contributed by atoms with E-state index >= 15 is 0 Å². The van der Waals surface area contributed by atoms with Gasteiger partial charge in [-0.05, 0) is 44.2 Å². The summed E-state index contributed by atoms with van der Waals surface area (Å²) >= 11 is 5.87. The fourth-order valence-electron chi connectivity index (χ4n) is 2.14. The van der Waals surface area contributed by atoms with Crippen LogP contribution in [0.15, 0.2) is 43.0 Å². The van der Waals surface area contributed by atoms with E-state index in [9.17, 15) is 4.79 Å². The number of aromatic nitrogens is 1. The predicted octanol–water partition coefficient (Wildman–Crippen LogP) is 4.13. The molecule has 0 unspecified atom stereocenters. The van der Waals surface area contributed by atoms with Crippen LogP contribution in [0.2, 0.25) is 5.02 Å². The SMILES string of the molecule is C=CCNC(=O)c1c(NNc2ccc(Cl)cc2)cc(C)nc1C.Cl. The van der Waals surface area contributed by atoms with E-state index < -0.39 is 0 Å². The Morgan fingerprint density at radius 3 is 2.54 bits per heavy atom. The van der Waals surface area contributed by atoms with Crippen LogP contribution in [-0.2, 0) is 0 Å². The van der Waals surface area contributed by atoms with Gasteiger partial charge < -0.3 is 10.7 Å². The molecule has 0 aliphatic heterocycles. The third-order valence-electron chi connectivity index (χ3n) is 3.15. The first-order valence-corrected chi connectivity index (χ1v) is 7.54. The highest BCUT2D eigenvalue weighted by molar-refractivity contribution is 6.30.